The maximum atomic E-state index is 11.4. The van der Waals surface area contributed by atoms with Crippen LogP contribution in [-0.4, -0.2) is 0 Å². The highest BCUT2D eigenvalue weighted by atomic mass is 19.4. The van der Waals surface area contributed by atoms with Crippen molar-refractivity contribution in [3.05, 3.63) is 23.8 Å². The molecular formula is C4F6. The Balaban J connectivity index is 4.71. The third kappa shape index (κ3) is 2.12. The molecule has 0 aliphatic carbocycles. The number of hydrogen-bond donors (Lipinski definition) is 0. The van der Waals surface area contributed by atoms with Crippen LogP contribution in [0.3, 0.4) is 0 Å². The lowest BCUT2D eigenvalue weighted by Gasteiger charge is -1.87. The molecule has 10 heavy (non-hydrogen) atoms. The first-order chi connectivity index (χ1) is 4.46. The molecule has 0 heterocycles. The van der Waals surface area contributed by atoms with Crippen LogP contribution < -0.4 is 0 Å². The second-order valence-corrected chi connectivity index (χ2v) is 1.15. The molecular weight excluding hydrogens is 164 g/mol. The van der Waals surface area contributed by atoms with E-state index in [-0.39, 0.29) is 0 Å². The van der Waals surface area contributed by atoms with Crippen molar-refractivity contribution in [3.63, 3.8) is 0 Å². The van der Waals surface area contributed by atoms with E-state index >= 15 is 0 Å². The Morgan fingerprint density at radius 2 is 1.30 bits per heavy atom. The van der Waals surface area contributed by atoms with Gasteiger partial charge in [0.2, 0.25) is 11.7 Å². The van der Waals surface area contributed by atoms with Crippen LogP contribution in [0.1, 0.15) is 0 Å². The first-order valence-electron chi connectivity index (χ1n) is 1.88. The van der Waals surface area contributed by atoms with Crippen molar-refractivity contribution in [3.8, 4) is 0 Å². The van der Waals surface area contributed by atoms with Gasteiger partial charge in [-0.2, -0.15) is 26.3 Å². The normalized spacial score (nSPS) is 9.00. The van der Waals surface area contributed by atoms with Gasteiger partial charge in [-0.1, -0.05) is 0 Å². The lowest BCUT2D eigenvalue weighted by molar-refractivity contribution is 0.340. The highest BCUT2D eigenvalue weighted by molar-refractivity contribution is 5.19. The zero-order chi connectivity index (χ0) is 8.31. The van der Waals surface area contributed by atoms with Gasteiger partial charge >= 0.3 is 12.2 Å². The minimum Gasteiger partial charge on any atom is -0.198 e. The third-order valence-electron chi connectivity index (χ3n) is 0.525. The van der Waals surface area contributed by atoms with E-state index in [0.717, 1.165) is 0 Å². The second-order valence-electron chi connectivity index (χ2n) is 1.15. The van der Waals surface area contributed by atoms with Gasteiger partial charge in [-0.25, -0.2) is 0 Å². The minimum absolute atomic E-state index is 2.82. The molecule has 0 saturated heterocycles. The molecule has 0 unspecified atom stereocenters. The number of hydrogen-bond acceptors (Lipinski definition) is 0. The molecule has 0 fully saturated rings. The fraction of sp³-hybridized carbons (Fsp3) is 0. The van der Waals surface area contributed by atoms with E-state index in [9.17, 15) is 26.3 Å². The van der Waals surface area contributed by atoms with Gasteiger partial charge in [0.1, 0.15) is 0 Å². The highest BCUT2D eigenvalue weighted by Crippen LogP contribution is 2.23. The summed E-state index contributed by atoms with van der Waals surface area (Å²) < 4.78 is 66.5. The number of allylic oxidation sites excluding steroid dienone is 2. The first kappa shape index (κ1) is 9.06. The van der Waals surface area contributed by atoms with Crippen molar-refractivity contribution in [2.45, 2.75) is 0 Å². The monoisotopic (exact) mass is 164 g/mol. The molecule has 0 aliphatic rings. The molecule has 0 radical (unpaired) electrons. The van der Waals surface area contributed by atoms with E-state index < -0.39 is 23.8 Å². The molecule has 0 rings (SSSR count). The van der Waals surface area contributed by atoms with Crippen LogP contribution in [0.5, 0.6) is 0 Å². The lowest BCUT2D eigenvalue weighted by Crippen LogP contribution is -1.78. The fourth-order valence-corrected chi connectivity index (χ4v) is 0.166. The molecule has 0 aromatic rings. The molecule has 0 amide bonds. The van der Waals surface area contributed by atoms with Gasteiger partial charge in [0.15, 0.2) is 0 Å². The molecule has 0 bridgehead atoms. The predicted octanol–water partition coefficient (Wildman–Crippen LogP) is 3.14. The second kappa shape index (κ2) is 3.28. The van der Waals surface area contributed by atoms with Crippen LogP contribution in [0, 0.1) is 0 Å². The molecule has 0 aromatic heterocycles. The highest BCUT2D eigenvalue weighted by Gasteiger charge is 2.16. The van der Waals surface area contributed by atoms with Crippen LogP contribution in [0.2, 0.25) is 0 Å². The van der Waals surface area contributed by atoms with E-state index in [1.807, 2.05) is 0 Å². The fourth-order valence-electron chi connectivity index (χ4n) is 0.166. The van der Waals surface area contributed by atoms with Gasteiger partial charge in [-0.05, 0) is 0 Å². The number of halogens is 6. The minimum atomic E-state index is -3.11. The Morgan fingerprint density at radius 3 is 1.40 bits per heavy atom. The van der Waals surface area contributed by atoms with Gasteiger partial charge in [0.25, 0.3) is 0 Å². The third-order valence-corrected chi connectivity index (χ3v) is 0.525. The van der Waals surface area contributed by atoms with Crippen molar-refractivity contribution in [1.82, 2.24) is 0 Å². The Kier molecular flexibility index (Phi) is 2.98. The van der Waals surface area contributed by atoms with Crippen LogP contribution in [0.15, 0.2) is 23.8 Å². The zero-order valence-corrected chi connectivity index (χ0v) is 4.27. The summed E-state index contributed by atoms with van der Waals surface area (Å²) in [6.07, 6.45) is -6.21. The molecule has 0 saturated carbocycles. The van der Waals surface area contributed by atoms with Gasteiger partial charge in [0, 0.05) is 0 Å². The van der Waals surface area contributed by atoms with E-state index in [2.05, 4.69) is 0 Å². The van der Waals surface area contributed by atoms with Crippen LogP contribution in [-0.2, 0) is 0 Å². The van der Waals surface area contributed by atoms with Crippen LogP contribution in [0.25, 0.3) is 0 Å². The van der Waals surface area contributed by atoms with E-state index in [1.54, 1.807) is 0 Å². The summed E-state index contributed by atoms with van der Waals surface area (Å²) >= 11 is 0. The Labute approximate surface area is 51.4 Å². The van der Waals surface area contributed by atoms with Crippen molar-refractivity contribution in [2.75, 3.05) is 0 Å². The molecule has 0 N–H and O–H groups in total. The molecule has 58 valence electrons. The lowest BCUT2D eigenvalue weighted by atomic mass is 10.6. The average Bonchev–Trinajstić information content (AvgIpc) is 1.84. The summed E-state index contributed by atoms with van der Waals surface area (Å²) in [6.45, 7) is 0. The molecule has 0 nitrogen and oxygen atoms in total. The average molecular weight is 164 g/mol. The topological polar surface area (TPSA) is 0 Å². The Bertz CT molecular complexity index is 160. The first-order valence-corrected chi connectivity index (χ1v) is 1.88. The van der Waals surface area contributed by atoms with Gasteiger partial charge in [-0.15, -0.1) is 0 Å². The SMILES string of the molecule is FC(F)=C(F)C(F)=[14C](F)F. The van der Waals surface area contributed by atoms with Crippen molar-refractivity contribution in [1.29, 1.82) is 0 Å². The van der Waals surface area contributed by atoms with Crippen molar-refractivity contribution in [2.24, 2.45) is 0 Å². The zero-order valence-electron chi connectivity index (χ0n) is 4.27. The summed E-state index contributed by atoms with van der Waals surface area (Å²) in [5.74, 6) is -5.64. The molecule has 6 heteroatoms. The van der Waals surface area contributed by atoms with Crippen LogP contribution >= 0.6 is 0 Å². The summed E-state index contributed by atoms with van der Waals surface area (Å²) in [5.41, 5.74) is 0. The summed E-state index contributed by atoms with van der Waals surface area (Å²) in [6, 6.07) is 0. The van der Waals surface area contributed by atoms with Gasteiger partial charge in [-0.3, -0.25) is 0 Å². The maximum Gasteiger partial charge on any atom is 0.308 e. The Morgan fingerprint density at radius 1 is 0.900 bits per heavy atom. The van der Waals surface area contributed by atoms with Crippen molar-refractivity contribution < 1.29 is 26.3 Å². The van der Waals surface area contributed by atoms with E-state index in [0.29, 0.717) is 0 Å². The maximum absolute atomic E-state index is 11.4. The van der Waals surface area contributed by atoms with E-state index in [4.69, 9.17) is 0 Å². The predicted molar refractivity (Wildman–Crippen MR) is 20.7 cm³/mol. The quantitative estimate of drug-likeness (QED) is 0.412. The largest absolute Gasteiger partial charge is 0.308 e. The molecule has 0 aromatic carbocycles. The standard InChI is InChI=1S/C4F6/c5-1(3(7)8)2(6)4(9)10/i3+2. The molecule has 0 aliphatic heterocycles. The van der Waals surface area contributed by atoms with Crippen molar-refractivity contribution >= 4 is 0 Å². The molecule has 0 atom stereocenters. The Hall–Kier alpha value is -0.940. The van der Waals surface area contributed by atoms with Crippen LogP contribution in [0.4, 0.5) is 26.3 Å². The van der Waals surface area contributed by atoms with E-state index in [1.165, 1.54) is 0 Å². The molecule has 0 spiro atoms. The summed E-state index contributed by atoms with van der Waals surface area (Å²) in [7, 11) is 0. The summed E-state index contributed by atoms with van der Waals surface area (Å²) in [5, 5.41) is 0. The smallest absolute Gasteiger partial charge is 0.198 e. The number of rotatable bonds is 1. The van der Waals surface area contributed by atoms with Gasteiger partial charge in [0.05, 0.1) is 0 Å². The van der Waals surface area contributed by atoms with Gasteiger partial charge < -0.3 is 0 Å². The summed E-state index contributed by atoms with van der Waals surface area (Å²) in [4.78, 5) is 0.